The van der Waals surface area contributed by atoms with Crippen LogP contribution in [0.5, 0.6) is 11.5 Å². The maximum atomic E-state index is 10.8. The van der Waals surface area contributed by atoms with Gasteiger partial charge >= 0.3 is 11.9 Å². The monoisotopic (exact) mass is 674 g/mol. The molecule has 0 fully saturated rings. The molecule has 2 aromatic carbocycles. The number of aryl methyl sites for hydroxylation is 2. The summed E-state index contributed by atoms with van der Waals surface area (Å²) in [6.07, 6.45) is 5.03. The second-order valence-corrected chi connectivity index (χ2v) is 16.7. The fourth-order valence-electron chi connectivity index (χ4n) is 5.34. The largest absolute Gasteiger partial charge is 0.508 e. The predicted molar refractivity (Wildman–Crippen MR) is 196 cm³/mol. The summed E-state index contributed by atoms with van der Waals surface area (Å²) in [6.45, 7) is 25.2. The van der Waals surface area contributed by atoms with Crippen molar-refractivity contribution >= 4 is 11.9 Å². The van der Waals surface area contributed by atoms with E-state index in [1.165, 1.54) is 0 Å². The first-order valence-electron chi connectivity index (χ1n) is 17.2. The van der Waals surface area contributed by atoms with Crippen molar-refractivity contribution in [3.63, 3.8) is 0 Å². The number of hydrogen-bond donors (Lipinski definition) is 6. The van der Waals surface area contributed by atoms with E-state index in [4.69, 9.17) is 20.4 Å². The Morgan fingerprint density at radius 1 is 0.479 bits per heavy atom. The Morgan fingerprint density at radius 3 is 0.958 bits per heavy atom. The van der Waals surface area contributed by atoms with Crippen molar-refractivity contribution in [2.45, 2.75) is 156 Å². The van der Waals surface area contributed by atoms with Crippen molar-refractivity contribution in [2.24, 2.45) is 0 Å². The molecule has 8 heteroatoms. The Balaban J connectivity index is 0.000000754. The second kappa shape index (κ2) is 19.2. The van der Waals surface area contributed by atoms with Gasteiger partial charge in [-0.05, 0) is 92.9 Å². The first-order chi connectivity index (χ1) is 21.8. The van der Waals surface area contributed by atoms with Gasteiger partial charge in [-0.1, -0.05) is 108 Å². The number of aliphatic hydroxyl groups excluding tert-OH is 2. The molecule has 274 valence electrons. The zero-order valence-corrected chi connectivity index (χ0v) is 31.9. The van der Waals surface area contributed by atoms with Gasteiger partial charge in [-0.25, -0.2) is 0 Å². The van der Waals surface area contributed by atoms with Gasteiger partial charge in [0.05, 0.1) is 0 Å². The number of phenolic OH excluding ortho intramolecular Hbond substituents is 2. The lowest BCUT2D eigenvalue weighted by molar-refractivity contribution is -0.138. The molecule has 0 spiro atoms. The molecule has 0 aliphatic carbocycles. The van der Waals surface area contributed by atoms with Crippen LogP contribution in [-0.2, 0) is 44.1 Å². The molecule has 0 radical (unpaired) electrons. The molecule has 0 saturated heterocycles. The van der Waals surface area contributed by atoms with Crippen molar-refractivity contribution in [3.05, 3.63) is 57.6 Å². The van der Waals surface area contributed by atoms with E-state index in [1.54, 1.807) is 12.1 Å². The minimum Gasteiger partial charge on any atom is -0.508 e. The summed E-state index contributed by atoms with van der Waals surface area (Å²) in [7, 11) is 0. The minimum absolute atomic E-state index is 0.109. The molecular weight excluding hydrogens is 608 g/mol. The third kappa shape index (κ3) is 16.3. The van der Waals surface area contributed by atoms with Gasteiger partial charge in [-0.15, -0.1) is 0 Å². The van der Waals surface area contributed by atoms with Crippen LogP contribution in [0.15, 0.2) is 24.3 Å². The molecule has 0 atom stereocenters. The molecule has 0 aliphatic rings. The molecule has 0 unspecified atom stereocenters. The zero-order chi connectivity index (χ0) is 37.7. The van der Waals surface area contributed by atoms with Gasteiger partial charge in [0.2, 0.25) is 0 Å². The Morgan fingerprint density at radius 2 is 0.750 bits per heavy atom. The first-order valence-corrected chi connectivity index (χ1v) is 17.2. The Bertz CT molecular complexity index is 1200. The highest BCUT2D eigenvalue weighted by atomic mass is 16.4. The number of carboxylic acids is 2. The molecule has 48 heavy (non-hydrogen) atoms. The van der Waals surface area contributed by atoms with Gasteiger partial charge in [0, 0.05) is 26.1 Å². The van der Waals surface area contributed by atoms with E-state index in [0.29, 0.717) is 24.3 Å². The number of aliphatic carboxylic acids is 2. The maximum Gasteiger partial charge on any atom is 0.303 e. The van der Waals surface area contributed by atoms with Gasteiger partial charge in [0.25, 0.3) is 0 Å². The van der Waals surface area contributed by atoms with Crippen LogP contribution in [-0.4, -0.2) is 55.8 Å². The summed E-state index contributed by atoms with van der Waals surface area (Å²) in [5.74, 6) is -1.01. The number of aliphatic hydroxyl groups is 2. The summed E-state index contributed by atoms with van der Waals surface area (Å²) in [5, 5.41) is 55.0. The molecule has 0 amide bonds. The van der Waals surface area contributed by atoms with Crippen LogP contribution in [0.2, 0.25) is 0 Å². The quantitative estimate of drug-likeness (QED) is 0.130. The normalized spacial score (nSPS) is 12.0. The SMILES string of the molecule is CC(C)(C)c1cc(CCC(=O)O)c(C(C)(C)C)cc1O.CC(C)(C)c1cc(CCC(=O)O)c(C(C)(C)C)cc1O.OCCCCCCO. The van der Waals surface area contributed by atoms with Gasteiger partial charge in [-0.2, -0.15) is 0 Å². The average Bonchev–Trinajstić information content (AvgIpc) is 2.92. The highest BCUT2D eigenvalue weighted by molar-refractivity contribution is 5.68. The fraction of sp³-hybridized carbons (Fsp3) is 0.650. The van der Waals surface area contributed by atoms with Crippen LogP contribution in [0, 0.1) is 0 Å². The number of phenols is 2. The van der Waals surface area contributed by atoms with Gasteiger partial charge in [-0.3, -0.25) is 9.59 Å². The van der Waals surface area contributed by atoms with Gasteiger partial charge in [0.15, 0.2) is 0 Å². The van der Waals surface area contributed by atoms with Crippen molar-refractivity contribution in [2.75, 3.05) is 13.2 Å². The number of hydrogen-bond acceptors (Lipinski definition) is 6. The molecule has 0 aliphatic heterocycles. The van der Waals surface area contributed by atoms with Crippen LogP contribution in [0.1, 0.15) is 155 Å². The second-order valence-electron chi connectivity index (χ2n) is 16.7. The molecule has 8 nitrogen and oxygen atoms in total. The Labute approximate surface area is 290 Å². The molecule has 0 saturated carbocycles. The highest BCUT2D eigenvalue weighted by Gasteiger charge is 2.26. The van der Waals surface area contributed by atoms with Crippen molar-refractivity contribution < 1.29 is 40.2 Å². The van der Waals surface area contributed by atoms with Crippen LogP contribution >= 0.6 is 0 Å². The van der Waals surface area contributed by atoms with E-state index < -0.39 is 11.9 Å². The lowest BCUT2D eigenvalue weighted by atomic mass is 9.78. The third-order valence-corrected chi connectivity index (χ3v) is 7.96. The number of benzene rings is 2. The molecule has 0 bridgehead atoms. The maximum absolute atomic E-state index is 10.8. The van der Waals surface area contributed by atoms with E-state index >= 15 is 0 Å². The first kappa shape index (κ1) is 44.9. The number of carboxylic acid groups (broad SMARTS) is 2. The summed E-state index contributed by atoms with van der Waals surface area (Å²) < 4.78 is 0. The van der Waals surface area contributed by atoms with Crippen molar-refractivity contribution in [1.82, 2.24) is 0 Å². The van der Waals surface area contributed by atoms with Gasteiger partial charge < -0.3 is 30.6 Å². The summed E-state index contributed by atoms with van der Waals surface area (Å²) >= 11 is 0. The zero-order valence-electron chi connectivity index (χ0n) is 31.9. The molecule has 2 aromatic rings. The number of unbranched alkanes of at least 4 members (excludes halogenated alkanes) is 3. The van der Waals surface area contributed by atoms with Crippen LogP contribution in [0.4, 0.5) is 0 Å². The lowest BCUT2D eigenvalue weighted by Crippen LogP contribution is -2.18. The number of carbonyl (C=O) groups is 2. The Hall–Kier alpha value is -3.10. The summed E-state index contributed by atoms with van der Waals surface area (Å²) in [4.78, 5) is 21.7. The average molecular weight is 675 g/mol. The smallest absolute Gasteiger partial charge is 0.303 e. The Kier molecular flexibility index (Phi) is 17.9. The highest BCUT2D eigenvalue weighted by Crippen LogP contribution is 2.39. The van der Waals surface area contributed by atoms with Crippen molar-refractivity contribution in [1.29, 1.82) is 0 Å². The molecule has 0 aromatic heterocycles. The molecule has 2 rings (SSSR count). The fourth-order valence-corrected chi connectivity index (χ4v) is 5.34. The topological polar surface area (TPSA) is 156 Å². The number of aromatic hydroxyl groups is 2. The minimum atomic E-state index is -0.796. The molecular formula is C40H66O8. The van der Waals surface area contributed by atoms with E-state index in [1.807, 2.05) is 53.7 Å². The summed E-state index contributed by atoms with van der Waals surface area (Å²) in [6, 6.07) is 7.55. The molecule has 0 heterocycles. The van der Waals surface area contributed by atoms with Crippen LogP contribution < -0.4 is 0 Å². The van der Waals surface area contributed by atoms with E-state index in [9.17, 15) is 19.8 Å². The standard InChI is InChI=1S/2C17H26O3.C6H14O2/c2*1-16(2,3)12-10-14(18)13(17(4,5)6)9-11(12)7-8-15(19)20;7-5-3-1-2-4-6-8/h2*9-10,18H,7-8H2,1-6H3,(H,19,20);7-8H,1-6H2. The third-order valence-electron chi connectivity index (χ3n) is 7.96. The predicted octanol–water partition coefficient (Wildman–Crippen LogP) is 8.54. The van der Waals surface area contributed by atoms with E-state index in [2.05, 4.69) is 41.5 Å². The summed E-state index contributed by atoms with van der Waals surface area (Å²) in [5.41, 5.74) is 5.22. The van der Waals surface area contributed by atoms with E-state index in [0.717, 1.165) is 59.1 Å². The number of rotatable bonds is 11. The van der Waals surface area contributed by atoms with E-state index in [-0.39, 0.29) is 47.7 Å². The van der Waals surface area contributed by atoms with Crippen LogP contribution in [0.3, 0.4) is 0 Å². The lowest BCUT2D eigenvalue weighted by Gasteiger charge is -2.28. The van der Waals surface area contributed by atoms with Gasteiger partial charge in [0.1, 0.15) is 11.5 Å². The van der Waals surface area contributed by atoms with Crippen molar-refractivity contribution in [3.8, 4) is 11.5 Å². The molecule has 6 N–H and O–H groups in total. The van der Waals surface area contributed by atoms with Crippen LogP contribution in [0.25, 0.3) is 0 Å².